The first-order valence-corrected chi connectivity index (χ1v) is 8.45. The average molecular weight is 350 g/mol. The van der Waals surface area contributed by atoms with Crippen LogP contribution in [0.2, 0.25) is 5.02 Å². The van der Waals surface area contributed by atoms with Gasteiger partial charge in [-0.2, -0.15) is 5.10 Å². The SMILES string of the molecule is NC[C@H]1C[C@@H](O)CN1c1cc(N2CCn3ncc(Cl)c3C2)ncn1. The van der Waals surface area contributed by atoms with Gasteiger partial charge in [-0.3, -0.25) is 4.68 Å². The number of nitrogens with two attached hydrogens (primary N) is 1. The minimum Gasteiger partial charge on any atom is -0.391 e. The smallest absolute Gasteiger partial charge is 0.134 e. The summed E-state index contributed by atoms with van der Waals surface area (Å²) in [6, 6.07) is 2.07. The molecule has 0 aromatic carbocycles. The van der Waals surface area contributed by atoms with Gasteiger partial charge in [0.15, 0.2) is 0 Å². The van der Waals surface area contributed by atoms with Crippen molar-refractivity contribution in [3.63, 3.8) is 0 Å². The van der Waals surface area contributed by atoms with Gasteiger partial charge in [0, 0.05) is 31.7 Å². The van der Waals surface area contributed by atoms with Crippen LogP contribution in [-0.4, -0.2) is 56.6 Å². The largest absolute Gasteiger partial charge is 0.391 e. The molecule has 0 radical (unpaired) electrons. The van der Waals surface area contributed by atoms with E-state index in [9.17, 15) is 5.11 Å². The molecule has 0 unspecified atom stereocenters. The van der Waals surface area contributed by atoms with Crippen LogP contribution in [0.25, 0.3) is 0 Å². The van der Waals surface area contributed by atoms with Gasteiger partial charge >= 0.3 is 0 Å². The molecular weight excluding hydrogens is 330 g/mol. The van der Waals surface area contributed by atoms with Crippen molar-refractivity contribution in [1.29, 1.82) is 0 Å². The third-order valence-electron chi connectivity index (χ3n) is 4.74. The molecule has 0 bridgehead atoms. The average Bonchev–Trinajstić information content (AvgIpc) is 3.17. The molecule has 2 aromatic heterocycles. The predicted octanol–water partition coefficient (Wildman–Crippen LogP) is 0.245. The molecule has 2 aliphatic heterocycles. The molecule has 24 heavy (non-hydrogen) atoms. The highest BCUT2D eigenvalue weighted by atomic mass is 35.5. The summed E-state index contributed by atoms with van der Waals surface area (Å²) in [6.07, 6.45) is 3.56. The summed E-state index contributed by atoms with van der Waals surface area (Å²) in [6.45, 7) is 3.30. The van der Waals surface area contributed by atoms with E-state index in [1.807, 2.05) is 10.7 Å². The quantitative estimate of drug-likeness (QED) is 0.819. The van der Waals surface area contributed by atoms with Crippen LogP contribution >= 0.6 is 11.6 Å². The van der Waals surface area contributed by atoms with E-state index in [0.717, 1.165) is 30.4 Å². The first kappa shape index (κ1) is 15.6. The van der Waals surface area contributed by atoms with Gasteiger partial charge in [0.05, 0.1) is 36.1 Å². The molecule has 9 heteroatoms. The molecule has 2 aliphatic rings. The number of anilines is 2. The second kappa shape index (κ2) is 6.19. The lowest BCUT2D eigenvalue weighted by atomic mass is 10.2. The molecule has 0 saturated carbocycles. The predicted molar refractivity (Wildman–Crippen MR) is 91.1 cm³/mol. The van der Waals surface area contributed by atoms with E-state index in [2.05, 4.69) is 24.9 Å². The topological polar surface area (TPSA) is 96.3 Å². The molecule has 1 fully saturated rings. The van der Waals surface area contributed by atoms with Crippen LogP contribution in [0.1, 0.15) is 12.1 Å². The molecule has 2 atom stereocenters. The zero-order chi connectivity index (χ0) is 16.7. The number of hydrogen-bond acceptors (Lipinski definition) is 7. The number of nitrogens with zero attached hydrogens (tertiary/aromatic N) is 6. The van der Waals surface area contributed by atoms with Crippen molar-refractivity contribution in [3.8, 4) is 0 Å². The Morgan fingerprint density at radius 2 is 2.12 bits per heavy atom. The highest BCUT2D eigenvalue weighted by Gasteiger charge is 2.31. The van der Waals surface area contributed by atoms with Crippen molar-refractivity contribution >= 4 is 23.2 Å². The molecule has 2 aromatic rings. The number of halogens is 1. The summed E-state index contributed by atoms with van der Waals surface area (Å²) < 4.78 is 1.93. The third-order valence-corrected chi connectivity index (χ3v) is 5.06. The zero-order valence-corrected chi connectivity index (χ0v) is 14.0. The van der Waals surface area contributed by atoms with Crippen molar-refractivity contribution in [2.75, 3.05) is 29.4 Å². The van der Waals surface area contributed by atoms with Crippen LogP contribution in [0.3, 0.4) is 0 Å². The van der Waals surface area contributed by atoms with Crippen LogP contribution < -0.4 is 15.5 Å². The van der Waals surface area contributed by atoms with E-state index < -0.39 is 0 Å². The molecule has 8 nitrogen and oxygen atoms in total. The van der Waals surface area contributed by atoms with Crippen molar-refractivity contribution in [3.05, 3.63) is 29.3 Å². The van der Waals surface area contributed by atoms with Crippen molar-refractivity contribution < 1.29 is 5.11 Å². The Morgan fingerprint density at radius 3 is 2.96 bits per heavy atom. The maximum absolute atomic E-state index is 9.92. The van der Waals surface area contributed by atoms with Crippen LogP contribution in [0.15, 0.2) is 18.6 Å². The van der Waals surface area contributed by atoms with Gasteiger partial charge in [-0.15, -0.1) is 0 Å². The van der Waals surface area contributed by atoms with Crippen molar-refractivity contribution in [1.82, 2.24) is 19.7 Å². The van der Waals surface area contributed by atoms with E-state index in [4.69, 9.17) is 17.3 Å². The summed E-state index contributed by atoms with van der Waals surface area (Å²) in [5.41, 5.74) is 6.83. The van der Waals surface area contributed by atoms with Crippen LogP contribution in [0.5, 0.6) is 0 Å². The van der Waals surface area contributed by atoms with Crippen molar-refractivity contribution in [2.24, 2.45) is 5.73 Å². The summed E-state index contributed by atoms with van der Waals surface area (Å²) in [5.74, 6) is 1.65. The number of aliphatic hydroxyl groups is 1. The molecule has 0 spiro atoms. The standard InChI is InChI=1S/C15H20ClN7O/c16-12-6-20-23-2-1-21(8-13(12)23)14-4-15(19-9-18-14)22-7-11(24)3-10(22)5-17/h4,6,9-11,24H,1-3,5,7-8,17H2/t10-,11-/m1/s1. The number of aromatic nitrogens is 4. The molecule has 0 amide bonds. The summed E-state index contributed by atoms with van der Waals surface area (Å²) in [7, 11) is 0. The Kier molecular flexibility index (Phi) is 4.03. The van der Waals surface area contributed by atoms with Gasteiger partial charge in [-0.1, -0.05) is 11.6 Å². The molecular formula is C15H20ClN7O. The fourth-order valence-corrected chi connectivity index (χ4v) is 3.67. The Labute approximate surface area is 144 Å². The minimum atomic E-state index is -0.361. The maximum Gasteiger partial charge on any atom is 0.134 e. The van der Waals surface area contributed by atoms with E-state index in [1.165, 1.54) is 0 Å². The van der Waals surface area contributed by atoms with Crippen LogP contribution in [0.4, 0.5) is 11.6 Å². The number of β-amino-alcohol motifs (C(OH)–C–C–N with tert-alkyl or cyclic N) is 1. The first-order chi connectivity index (χ1) is 11.7. The molecule has 0 aliphatic carbocycles. The van der Waals surface area contributed by atoms with Gasteiger partial charge in [0.1, 0.15) is 18.0 Å². The molecule has 1 saturated heterocycles. The van der Waals surface area contributed by atoms with Crippen LogP contribution in [0, 0.1) is 0 Å². The number of fused-ring (bicyclic) bond motifs is 1. The van der Waals surface area contributed by atoms with E-state index in [-0.39, 0.29) is 12.1 Å². The Hall–Kier alpha value is -1.90. The maximum atomic E-state index is 9.92. The number of rotatable bonds is 3. The summed E-state index contributed by atoms with van der Waals surface area (Å²) in [4.78, 5) is 13.0. The second-order valence-electron chi connectivity index (χ2n) is 6.25. The lowest BCUT2D eigenvalue weighted by molar-refractivity contribution is 0.194. The lowest BCUT2D eigenvalue weighted by Crippen LogP contribution is -2.37. The fraction of sp³-hybridized carbons (Fsp3) is 0.533. The van der Waals surface area contributed by atoms with E-state index in [0.29, 0.717) is 31.1 Å². The Balaban J connectivity index is 1.58. The fourth-order valence-electron chi connectivity index (χ4n) is 3.47. The number of aliphatic hydroxyl groups excluding tert-OH is 1. The highest BCUT2D eigenvalue weighted by molar-refractivity contribution is 6.31. The first-order valence-electron chi connectivity index (χ1n) is 8.07. The molecule has 4 heterocycles. The Morgan fingerprint density at radius 1 is 1.29 bits per heavy atom. The van der Waals surface area contributed by atoms with E-state index in [1.54, 1.807) is 12.5 Å². The summed E-state index contributed by atoms with van der Waals surface area (Å²) in [5, 5.41) is 14.9. The monoisotopic (exact) mass is 349 g/mol. The minimum absolute atomic E-state index is 0.111. The van der Waals surface area contributed by atoms with E-state index >= 15 is 0 Å². The molecule has 3 N–H and O–H groups in total. The Bertz CT molecular complexity index is 736. The van der Waals surface area contributed by atoms with Gasteiger partial charge in [0.25, 0.3) is 0 Å². The molecule has 128 valence electrons. The van der Waals surface area contributed by atoms with Gasteiger partial charge in [-0.05, 0) is 6.42 Å². The second-order valence-corrected chi connectivity index (χ2v) is 6.66. The number of hydrogen-bond donors (Lipinski definition) is 2. The third kappa shape index (κ3) is 2.70. The van der Waals surface area contributed by atoms with Gasteiger partial charge < -0.3 is 20.6 Å². The van der Waals surface area contributed by atoms with Gasteiger partial charge in [0.2, 0.25) is 0 Å². The molecule has 4 rings (SSSR count). The normalized spacial score (nSPS) is 23.6. The lowest BCUT2D eigenvalue weighted by Gasteiger charge is -2.30. The zero-order valence-electron chi connectivity index (χ0n) is 13.2. The highest BCUT2D eigenvalue weighted by Crippen LogP contribution is 2.28. The van der Waals surface area contributed by atoms with Crippen LogP contribution in [-0.2, 0) is 13.1 Å². The van der Waals surface area contributed by atoms with Crippen molar-refractivity contribution in [2.45, 2.75) is 31.7 Å². The van der Waals surface area contributed by atoms with Gasteiger partial charge in [-0.25, -0.2) is 9.97 Å². The summed E-state index contributed by atoms with van der Waals surface area (Å²) >= 11 is 6.21.